The molecule has 0 saturated heterocycles. The summed E-state index contributed by atoms with van der Waals surface area (Å²) in [5.74, 6) is -1.45. The second kappa shape index (κ2) is 9.22. The number of benzene rings is 2. The first-order valence-electron chi connectivity index (χ1n) is 10.8. The maximum atomic E-state index is 14.8. The zero-order chi connectivity index (χ0) is 23.5. The molecule has 5 rings (SSSR count). The number of hydrogen-bond donors (Lipinski definition) is 2. The van der Waals surface area contributed by atoms with Gasteiger partial charge in [0.2, 0.25) is 5.95 Å². The van der Waals surface area contributed by atoms with Gasteiger partial charge in [0.1, 0.15) is 5.82 Å². The summed E-state index contributed by atoms with van der Waals surface area (Å²) in [6.07, 6.45) is 2.36. The summed E-state index contributed by atoms with van der Waals surface area (Å²) in [4.78, 5) is 13.3. The summed E-state index contributed by atoms with van der Waals surface area (Å²) in [6.45, 7) is 0.893. The first-order valence-corrected chi connectivity index (χ1v) is 10.8. The molecule has 3 aromatic heterocycles. The van der Waals surface area contributed by atoms with Gasteiger partial charge in [0, 0.05) is 30.4 Å². The molecule has 0 radical (unpaired) electrons. The number of nitrogens with two attached hydrogens (primary N) is 1. The zero-order valence-electron chi connectivity index (χ0n) is 18.1. The minimum atomic E-state index is -1.00. The second-order valence-electron chi connectivity index (χ2n) is 7.72. The largest absolute Gasteiger partial charge is 0.383 e. The van der Waals surface area contributed by atoms with Crippen molar-refractivity contribution < 1.29 is 8.78 Å². The van der Waals surface area contributed by atoms with Crippen LogP contribution in [0.2, 0.25) is 0 Å². The van der Waals surface area contributed by atoms with Gasteiger partial charge >= 0.3 is 0 Å². The van der Waals surface area contributed by atoms with Gasteiger partial charge in [-0.25, -0.2) is 18.4 Å². The van der Waals surface area contributed by atoms with Crippen LogP contribution in [0.4, 0.5) is 20.5 Å². The monoisotopic (exact) mass is 457 g/mol. The van der Waals surface area contributed by atoms with Gasteiger partial charge in [0.25, 0.3) is 0 Å². The molecule has 0 atom stereocenters. The fraction of sp³-hybridized carbons (Fsp3) is 0.120. The van der Waals surface area contributed by atoms with Crippen molar-refractivity contribution in [3.63, 3.8) is 0 Å². The van der Waals surface area contributed by atoms with Crippen LogP contribution < -0.4 is 11.1 Å². The Balaban J connectivity index is 1.56. The number of fused-ring (bicyclic) bond motifs is 1. The fourth-order valence-electron chi connectivity index (χ4n) is 3.74. The van der Waals surface area contributed by atoms with E-state index in [1.54, 1.807) is 10.9 Å². The zero-order valence-corrected chi connectivity index (χ0v) is 18.1. The van der Waals surface area contributed by atoms with Gasteiger partial charge in [0.05, 0.1) is 17.6 Å². The highest BCUT2D eigenvalue weighted by Gasteiger charge is 2.21. The molecule has 0 aliphatic heterocycles. The van der Waals surface area contributed by atoms with Crippen molar-refractivity contribution in [1.29, 1.82) is 0 Å². The highest BCUT2D eigenvalue weighted by atomic mass is 19.2. The molecule has 2 aromatic carbocycles. The van der Waals surface area contributed by atoms with Crippen LogP contribution in [-0.2, 0) is 13.0 Å². The number of anilines is 2. The summed E-state index contributed by atoms with van der Waals surface area (Å²) < 4.78 is 30.4. The Morgan fingerprint density at radius 1 is 0.912 bits per heavy atom. The Bertz CT molecular complexity index is 1440. The topological polar surface area (TPSA) is 94.5 Å². The molecule has 9 heteroatoms. The van der Waals surface area contributed by atoms with E-state index in [0.29, 0.717) is 30.5 Å². The maximum Gasteiger partial charge on any atom is 0.225 e. The molecule has 0 aliphatic rings. The van der Waals surface area contributed by atoms with Gasteiger partial charge in [-0.3, -0.25) is 4.98 Å². The smallest absolute Gasteiger partial charge is 0.225 e. The lowest BCUT2D eigenvalue weighted by molar-refractivity contribution is 0.511. The third-order valence-corrected chi connectivity index (χ3v) is 5.41. The molecule has 7 nitrogen and oxygen atoms in total. The number of hydrogen-bond acceptors (Lipinski definition) is 6. The molecule has 0 spiro atoms. The summed E-state index contributed by atoms with van der Waals surface area (Å²) in [5.41, 5.74) is 8.77. The SMILES string of the molecule is Nc1c2c(-c3cccc(F)c3F)nc(NCCc3ccccn3)nc2nn1Cc1ccccc1. The van der Waals surface area contributed by atoms with Crippen molar-refractivity contribution in [3.05, 3.63) is 95.8 Å². The van der Waals surface area contributed by atoms with Crippen LogP contribution >= 0.6 is 0 Å². The van der Waals surface area contributed by atoms with E-state index < -0.39 is 11.6 Å². The molecule has 0 unspecified atom stereocenters. The van der Waals surface area contributed by atoms with Crippen LogP contribution in [0.15, 0.2) is 72.9 Å². The molecule has 0 bridgehead atoms. The fourth-order valence-corrected chi connectivity index (χ4v) is 3.74. The average Bonchev–Trinajstić information content (AvgIpc) is 3.16. The van der Waals surface area contributed by atoms with Gasteiger partial charge in [-0.05, 0) is 29.8 Å². The quantitative estimate of drug-likeness (QED) is 0.375. The molecule has 0 amide bonds. The van der Waals surface area contributed by atoms with Crippen molar-refractivity contribution >= 4 is 22.8 Å². The lowest BCUT2D eigenvalue weighted by Gasteiger charge is -2.09. The minimum Gasteiger partial charge on any atom is -0.383 e. The van der Waals surface area contributed by atoms with Crippen molar-refractivity contribution in [2.45, 2.75) is 13.0 Å². The van der Waals surface area contributed by atoms with E-state index in [4.69, 9.17) is 5.73 Å². The van der Waals surface area contributed by atoms with Gasteiger partial charge in [-0.15, -0.1) is 5.10 Å². The molecule has 0 saturated carbocycles. The van der Waals surface area contributed by atoms with E-state index in [9.17, 15) is 8.78 Å². The number of nitrogens with zero attached hydrogens (tertiary/aromatic N) is 5. The maximum absolute atomic E-state index is 14.8. The Labute approximate surface area is 194 Å². The average molecular weight is 457 g/mol. The molecule has 0 aliphatic carbocycles. The summed E-state index contributed by atoms with van der Waals surface area (Å²) in [5, 5.41) is 8.06. The van der Waals surface area contributed by atoms with Gasteiger partial charge in [-0.1, -0.05) is 42.5 Å². The molecule has 3 heterocycles. The van der Waals surface area contributed by atoms with Crippen molar-refractivity contribution in [2.75, 3.05) is 17.6 Å². The van der Waals surface area contributed by atoms with Gasteiger partial charge < -0.3 is 11.1 Å². The van der Waals surface area contributed by atoms with E-state index >= 15 is 0 Å². The van der Waals surface area contributed by atoms with Crippen LogP contribution in [0.5, 0.6) is 0 Å². The second-order valence-corrected chi connectivity index (χ2v) is 7.72. The highest BCUT2D eigenvalue weighted by molar-refractivity contribution is 5.99. The Hall–Kier alpha value is -4.40. The predicted octanol–water partition coefficient (Wildman–Crippen LogP) is 4.45. The first-order chi connectivity index (χ1) is 16.6. The van der Waals surface area contributed by atoms with Crippen molar-refractivity contribution in [1.82, 2.24) is 24.7 Å². The van der Waals surface area contributed by atoms with Crippen molar-refractivity contribution in [3.8, 4) is 11.3 Å². The van der Waals surface area contributed by atoms with E-state index in [1.807, 2.05) is 48.5 Å². The number of halogens is 2. The van der Waals surface area contributed by atoms with Crippen molar-refractivity contribution in [2.24, 2.45) is 0 Å². The Morgan fingerprint density at radius 2 is 1.74 bits per heavy atom. The van der Waals surface area contributed by atoms with Crippen LogP contribution in [0.1, 0.15) is 11.3 Å². The Kier molecular flexibility index (Phi) is 5.82. The summed E-state index contributed by atoms with van der Waals surface area (Å²) in [6, 6.07) is 19.3. The first kappa shape index (κ1) is 21.4. The van der Waals surface area contributed by atoms with E-state index in [1.165, 1.54) is 12.1 Å². The third kappa shape index (κ3) is 4.27. The molecule has 170 valence electrons. The van der Waals surface area contributed by atoms with E-state index in [2.05, 4.69) is 25.4 Å². The molecule has 0 fully saturated rings. The summed E-state index contributed by atoms with van der Waals surface area (Å²) in [7, 11) is 0. The highest BCUT2D eigenvalue weighted by Crippen LogP contribution is 2.33. The Morgan fingerprint density at radius 3 is 2.53 bits per heavy atom. The molecular formula is C25H21F2N7. The van der Waals surface area contributed by atoms with Gasteiger partial charge in [0.15, 0.2) is 17.3 Å². The van der Waals surface area contributed by atoms with Crippen LogP contribution in [0.3, 0.4) is 0 Å². The molecule has 34 heavy (non-hydrogen) atoms. The molecular weight excluding hydrogens is 436 g/mol. The van der Waals surface area contributed by atoms with Gasteiger partial charge in [-0.2, -0.15) is 4.98 Å². The van der Waals surface area contributed by atoms with E-state index in [0.717, 1.165) is 17.3 Å². The molecule has 5 aromatic rings. The lowest BCUT2D eigenvalue weighted by atomic mass is 10.1. The standard InChI is InChI=1S/C25H21F2N7/c26-19-11-6-10-18(21(19)27)22-20-23(28)34(15-16-7-2-1-3-8-16)33-24(20)32-25(31-22)30-14-12-17-9-4-5-13-29-17/h1-11,13H,12,14-15,28H2,(H,30,32,33). The normalized spacial score (nSPS) is 11.1. The number of nitrogen functional groups attached to an aromatic ring is 1. The number of pyridine rings is 1. The van der Waals surface area contributed by atoms with Crippen LogP contribution in [0, 0.1) is 11.6 Å². The number of nitrogens with one attached hydrogen (secondary N) is 1. The number of rotatable bonds is 7. The minimum absolute atomic E-state index is 0.00821. The summed E-state index contributed by atoms with van der Waals surface area (Å²) >= 11 is 0. The lowest BCUT2D eigenvalue weighted by Crippen LogP contribution is -2.09. The predicted molar refractivity (Wildman–Crippen MR) is 127 cm³/mol. The number of aromatic nitrogens is 5. The molecule has 3 N–H and O–H groups in total. The third-order valence-electron chi connectivity index (χ3n) is 5.41. The van der Waals surface area contributed by atoms with E-state index in [-0.39, 0.29) is 23.0 Å². The van der Waals surface area contributed by atoms with Crippen LogP contribution in [-0.4, -0.2) is 31.3 Å². The van der Waals surface area contributed by atoms with Crippen LogP contribution in [0.25, 0.3) is 22.3 Å².